The fourth-order valence-corrected chi connectivity index (χ4v) is 1.51. The molecular weight excluding hydrogens is 223 g/mol. The highest BCUT2D eigenvalue weighted by Gasteiger charge is 2.30. The first kappa shape index (κ1) is 11.0. The molecule has 80 valence electrons. The van der Waals surface area contributed by atoms with Gasteiger partial charge < -0.3 is 0 Å². The molecular formula is C5H6F3N3O2S. The topological polar surface area (TPSA) is 78.0 Å². The fraction of sp³-hybridized carbons (Fsp3) is 0.400. The predicted molar refractivity (Wildman–Crippen MR) is 39.7 cm³/mol. The van der Waals surface area contributed by atoms with Crippen LogP contribution in [0.15, 0.2) is 17.3 Å². The maximum atomic E-state index is 11.9. The van der Waals surface area contributed by atoms with Gasteiger partial charge in [0.05, 0.1) is 6.20 Å². The molecule has 9 heteroatoms. The molecule has 0 aliphatic rings. The van der Waals surface area contributed by atoms with E-state index in [0.717, 1.165) is 12.3 Å². The van der Waals surface area contributed by atoms with E-state index in [-0.39, 0.29) is 4.68 Å². The van der Waals surface area contributed by atoms with Crippen LogP contribution in [0, 0.1) is 0 Å². The summed E-state index contributed by atoms with van der Waals surface area (Å²) in [5.41, 5.74) is 0. The first-order chi connectivity index (χ1) is 6.20. The van der Waals surface area contributed by atoms with Crippen molar-refractivity contribution in [3.8, 4) is 0 Å². The van der Waals surface area contributed by atoms with Crippen molar-refractivity contribution in [1.82, 2.24) is 9.78 Å². The summed E-state index contributed by atoms with van der Waals surface area (Å²) in [7, 11) is -4.16. The van der Waals surface area contributed by atoms with Crippen LogP contribution in [0.5, 0.6) is 0 Å². The van der Waals surface area contributed by atoms with Gasteiger partial charge in [0.25, 0.3) is 10.0 Å². The molecule has 1 rings (SSSR count). The molecule has 2 N–H and O–H groups in total. The zero-order valence-corrected chi connectivity index (χ0v) is 7.51. The standard InChI is InChI=1S/C5H6F3N3O2S/c6-5(7,8)3-11-4(1-2-10-11)14(9,12)13/h1-2H,3H2,(H2,9,12,13). The van der Waals surface area contributed by atoms with Gasteiger partial charge in [-0.1, -0.05) is 0 Å². The zero-order chi connectivity index (χ0) is 11.0. The van der Waals surface area contributed by atoms with Crippen molar-refractivity contribution >= 4 is 10.0 Å². The molecule has 0 saturated heterocycles. The summed E-state index contributed by atoms with van der Waals surface area (Å²) in [4.78, 5) is 0. The molecule has 0 amide bonds. The number of halogens is 3. The van der Waals surface area contributed by atoms with Crippen LogP contribution in [0.4, 0.5) is 13.2 Å². The average molecular weight is 229 g/mol. The maximum Gasteiger partial charge on any atom is 0.408 e. The summed E-state index contributed by atoms with van der Waals surface area (Å²) < 4.78 is 57.5. The van der Waals surface area contributed by atoms with Gasteiger partial charge in [-0.05, 0) is 6.07 Å². The van der Waals surface area contributed by atoms with E-state index in [9.17, 15) is 21.6 Å². The van der Waals surface area contributed by atoms with Gasteiger partial charge >= 0.3 is 6.18 Å². The number of hydrogen-bond acceptors (Lipinski definition) is 3. The Hall–Kier alpha value is -1.09. The Morgan fingerprint density at radius 2 is 2.07 bits per heavy atom. The molecule has 0 aliphatic carbocycles. The summed E-state index contributed by atoms with van der Waals surface area (Å²) in [5, 5.41) is 7.21. The van der Waals surface area contributed by atoms with Gasteiger partial charge in [0.2, 0.25) is 0 Å². The minimum atomic E-state index is -4.54. The van der Waals surface area contributed by atoms with Crippen molar-refractivity contribution in [3.05, 3.63) is 12.3 Å². The lowest BCUT2D eigenvalue weighted by Crippen LogP contribution is -2.24. The summed E-state index contributed by atoms with van der Waals surface area (Å²) in [5.74, 6) is 0. The van der Waals surface area contributed by atoms with Gasteiger partial charge in [-0.25, -0.2) is 18.2 Å². The number of rotatable bonds is 2. The third-order valence-corrected chi connectivity index (χ3v) is 2.23. The SMILES string of the molecule is NS(=O)(=O)c1ccnn1CC(F)(F)F. The highest BCUT2D eigenvalue weighted by molar-refractivity contribution is 7.89. The Balaban J connectivity index is 3.07. The number of aromatic nitrogens is 2. The molecule has 0 fully saturated rings. The molecule has 0 radical (unpaired) electrons. The number of nitrogens with zero attached hydrogens (tertiary/aromatic N) is 2. The van der Waals surface area contributed by atoms with E-state index in [2.05, 4.69) is 10.2 Å². The molecule has 0 aliphatic heterocycles. The van der Waals surface area contributed by atoms with E-state index in [4.69, 9.17) is 0 Å². The van der Waals surface area contributed by atoms with Crippen LogP contribution in [0.2, 0.25) is 0 Å². The smallest absolute Gasteiger partial charge is 0.244 e. The van der Waals surface area contributed by atoms with Crippen LogP contribution in [-0.2, 0) is 16.6 Å². The third kappa shape index (κ3) is 2.70. The van der Waals surface area contributed by atoms with Crippen molar-refractivity contribution in [1.29, 1.82) is 0 Å². The molecule has 14 heavy (non-hydrogen) atoms. The van der Waals surface area contributed by atoms with Gasteiger partial charge in [-0.3, -0.25) is 0 Å². The number of alkyl halides is 3. The van der Waals surface area contributed by atoms with Crippen molar-refractivity contribution in [2.45, 2.75) is 17.7 Å². The number of hydrogen-bond donors (Lipinski definition) is 1. The highest BCUT2D eigenvalue weighted by atomic mass is 32.2. The van der Waals surface area contributed by atoms with Gasteiger partial charge in [0.1, 0.15) is 6.54 Å². The summed E-state index contributed by atoms with van der Waals surface area (Å²) >= 11 is 0. The molecule has 1 heterocycles. The van der Waals surface area contributed by atoms with Gasteiger partial charge in [0.15, 0.2) is 5.03 Å². The first-order valence-electron chi connectivity index (χ1n) is 3.31. The Morgan fingerprint density at radius 1 is 1.50 bits per heavy atom. The molecule has 0 saturated carbocycles. The summed E-state index contributed by atoms with van der Waals surface area (Å²) in [6.45, 7) is -1.48. The first-order valence-corrected chi connectivity index (χ1v) is 4.86. The zero-order valence-electron chi connectivity index (χ0n) is 6.69. The molecule has 0 atom stereocenters. The Kier molecular flexibility index (Phi) is 2.54. The van der Waals surface area contributed by atoms with Crippen molar-refractivity contribution in [2.75, 3.05) is 0 Å². The van der Waals surface area contributed by atoms with Crippen molar-refractivity contribution < 1.29 is 21.6 Å². The Bertz CT molecular complexity index is 422. The van der Waals surface area contributed by atoms with Crippen molar-refractivity contribution in [2.24, 2.45) is 5.14 Å². The third-order valence-electron chi connectivity index (χ3n) is 1.30. The summed E-state index contributed by atoms with van der Waals surface area (Å²) in [6.07, 6.45) is -3.60. The van der Waals surface area contributed by atoms with Crippen LogP contribution in [-0.4, -0.2) is 24.4 Å². The van der Waals surface area contributed by atoms with Crippen molar-refractivity contribution in [3.63, 3.8) is 0 Å². The van der Waals surface area contributed by atoms with Crippen LogP contribution >= 0.6 is 0 Å². The molecule has 0 spiro atoms. The maximum absolute atomic E-state index is 11.9. The normalized spacial score (nSPS) is 13.1. The average Bonchev–Trinajstić information content (AvgIpc) is 2.29. The minimum absolute atomic E-state index is 0.287. The second-order valence-corrected chi connectivity index (χ2v) is 4.00. The monoisotopic (exact) mass is 229 g/mol. The van der Waals surface area contributed by atoms with E-state index < -0.39 is 27.8 Å². The van der Waals surface area contributed by atoms with Crippen LogP contribution < -0.4 is 5.14 Å². The van der Waals surface area contributed by atoms with E-state index >= 15 is 0 Å². The molecule has 1 aromatic rings. The van der Waals surface area contributed by atoms with Gasteiger partial charge in [-0.15, -0.1) is 0 Å². The quantitative estimate of drug-likeness (QED) is 0.780. The predicted octanol–water partition coefficient (Wildman–Crippen LogP) is 0.0928. The number of primary sulfonamides is 1. The molecule has 1 aromatic heterocycles. The van der Waals surface area contributed by atoms with Crippen LogP contribution in [0.1, 0.15) is 0 Å². The molecule has 0 unspecified atom stereocenters. The fourth-order valence-electron chi connectivity index (χ4n) is 0.851. The van der Waals surface area contributed by atoms with Gasteiger partial charge in [0, 0.05) is 0 Å². The minimum Gasteiger partial charge on any atom is -0.244 e. The Morgan fingerprint density at radius 3 is 2.50 bits per heavy atom. The largest absolute Gasteiger partial charge is 0.408 e. The van der Waals surface area contributed by atoms with E-state index in [1.807, 2.05) is 0 Å². The highest BCUT2D eigenvalue weighted by Crippen LogP contribution is 2.19. The molecule has 0 bridgehead atoms. The Labute approximate surface area is 77.4 Å². The van der Waals surface area contributed by atoms with Gasteiger partial charge in [-0.2, -0.15) is 18.3 Å². The lowest BCUT2D eigenvalue weighted by Gasteiger charge is -2.08. The van der Waals surface area contributed by atoms with E-state index in [1.54, 1.807) is 0 Å². The molecule has 5 nitrogen and oxygen atoms in total. The number of nitrogens with two attached hydrogens (primary N) is 1. The lowest BCUT2D eigenvalue weighted by molar-refractivity contribution is -0.144. The van der Waals surface area contributed by atoms with E-state index in [1.165, 1.54) is 0 Å². The summed E-state index contributed by atoms with van der Waals surface area (Å²) in [6, 6.07) is 0.904. The lowest BCUT2D eigenvalue weighted by atomic mass is 10.6. The number of sulfonamides is 1. The van der Waals surface area contributed by atoms with Crippen LogP contribution in [0.3, 0.4) is 0 Å². The van der Waals surface area contributed by atoms with Crippen LogP contribution in [0.25, 0.3) is 0 Å². The molecule has 0 aromatic carbocycles. The second-order valence-electron chi connectivity index (χ2n) is 2.49. The van der Waals surface area contributed by atoms with E-state index in [0.29, 0.717) is 0 Å². The second kappa shape index (κ2) is 3.24.